The molecule has 0 fully saturated rings. The molecular weight excluding hydrogens is 338 g/mol. The number of hydrogen-bond donors (Lipinski definition) is 1. The first-order valence-electron chi connectivity index (χ1n) is 7.45. The Balaban J connectivity index is 2.01. The fourth-order valence-corrected chi connectivity index (χ4v) is 3.05. The molecule has 128 valence electrons. The minimum Gasteiger partial charge on any atom is -0.481 e. The van der Waals surface area contributed by atoms with E-state index in [2.05, 4.69) is 9.97 Å². The average Bonchev–Trinajstić information content (AvgIpc) is 2.62. The van der Waals surface area contributed by atoms with E-state index in [0.29, 0.717) is 11.7 Å². The highest BCUT2D eigenvalue weighted by molar-refractivity contribution is 7.90. The maximum atomic E-state index is 11.6. The van der Waals surface area contributed by atoms with Crippen molar-refractivity contribution in [1.82, 2.24) is 9.97 Å². The highest BCUT2D eigenvalue weighted by Gasteiger charge is 2.10. The first-order chi connectivity index (χ1) is 11.9. The Hall–Kier alpha value is -2.93. The number of pyridine rings is 2. The number of anilines is 1. The summed E-state index contributed by atoms with van der Waals surface area (Å²) < 4.78 is 28.2. The van der Waals surface area contributed by atoms with Crippen LogP contribution in [0.4, 0.5) is 5.82 Å². The van der Waals surface area contributed by atoms with E-state index >= 15 is 0 Å². The molecule has 2 aromatic heterocycles. The normalized spacial score (nSPS) is 11.3. The summed E-state index contributed by atoms with van der Waals surface area (Å²) in [5, 5.41) is 0. The molecule has 0 atom stereocenters. The molecule has 1 aromatic carbocycles. The number of benzene rings is 1. The van der Waals surface area contributed by atoms with Crippen molar-refractivity contribution in [2.75, 3.05) is 19.1 Å². The number of nitrogens with zero attached hydrogens (tertiary/aromatic N) is 2. The highest BCUT2D eigenvalue weighted by Crippen LogP contribution is 2.30. The van der Waals surface area contributed by atoms with Crippen molar-refractivity contribution >= 4 is 15.7 Å². The lowest BCUT2D eigenvalue weighted by Crippen LogP contribution is -1.97. The van der Waals surface area contributed by atoms with Crippen LogP contribution in [0.3, 0.4) is 0 Å². The molecule has 3 rings (SSSR count). The lowest BCUT2D eigenvalue weighted by molar-refractivity contribution is 0.398. The van der Waals surface area contributed by atoms with E-state index in [1.54, 1.807) is 49.8 Å². The molecule has 0 saturated heterocycles. The van der Waals surface area contributed by atoms with Crippen molar-refractivity contribution in [3.8, 4) is 28.1 Å². The van der Waals surface area contributed by atoms with Gasteiger partial charge in [0.15, 0.2) is 9.84 Å². The van der Waals surface area contributed by atoms with Crippen molar-refractivity contribution < 1.29 is 13.2 Å². The van der Waals surface area contributed by atoms with Crippen LogP contribution in [0.1, 0.15) is 0 Å². The molecule has 0 saturated carbocycles. The Morgan fingerprint density at radius 1 is 0.920 bits per heavy atom. The molecule has 7 heteroatoms. The molecule has 25 heavy (non-hydrogen) atoms. The van der Waals surface area contributed by atoms with Crippen molar-refractivity contribution in [1.29, 1.82) is 0 Å². The fourth-order valence-electron chi connectivity index (χ4n) is 2.42. The predicted molar refractivity (Wildman–Crippen MR) is 97.0 cm³/mol. The van der Waals surface area contributed by atoms with Gasteiger partial charge in [-0.3, -0.25) is 0 Å². The largest absolute Gasteiger partial charge is 0.481 e. The number of aromatic nitrogens is 2. The molecule has 6 nitrogen and oxygen atoms in total. The smallest absolute Gasteiger partial charge is 0.212 e. The number of nitrogen functional groups attached to an aromatic ring is 1. The SMILES string of the molecule is COc1ccc(-c2cc(-c3ccc(S(C)(=O)=O)cc3)cnc2N)cn1. The molecule has 0 amide bonds. The van der Waals surface area contributed by atoms with Crippen molar-refractivity contribution in [2.45, 2.75) is 4.90 Å². The number of sulfone groups is 1. The topological polar surface area (TPSA) is 95.2 Å². The van der Waals surface area contributed by atoms with E-state index in [-0.39, 0.29) is 4.90 Å². The van der Waals surface area contributed by atoms with Crippen molar-refractivity contribution in [3.63, 3.8) is 0 Å². The van der Waals surface area contributed by atoms with Crippen molar-refractivity contribution in [3.05, 3.63) is 54.9 Å². The van der Waals surface area contributed by atoms with E-state index in [9.17, 15) is 8.42 Å². The quantitative estimate of drug-likeness (QED) is 0.773. The third-order valence-electron chi connectivity index (χ3n) is 3.79. The van der Waals surface area contributed by atoms with Crippen LogP contribution in [0, 0.1) is 0 Å². The van der Waals surface area contributed by atoms with E-state index in [1.165, 1.54) is 6.26 Å². The molecule has 0 spiro atoms. The highest BCUT2D eigenvalue weighted by atomic mass is 32.2. The third-order valence-corrected chi connectivity index (χ3v) is 4.92. The van der Waals surface area contributed by atoms with Crippen LogP contribution < -0.4 is 10.5 Å². The zero-order valence-electron chi connectivity index (χ0n) is 13.8. The van der Waals surface area contributed by atoms with Crippen LogP contribution in [0.15, 0.2) is 59.8 Å². The van der Waals surface area contributed by atoms with Crippen LogP contribution in [-0.2, 0) is 9.84 Å². The zero-order valence-corrected chi connectivity index (χ0v) is 14.6. The summed E-state index contributed by atoms with van der Waals surface area (Å²) in [6, 6.07) is 12.2. The lowest BCUT2D eigenvalue weighted by Gasteiger charge is -2.09. The Morgan fingerprint density at radius 2 is 1.56 bits per heavy atom. The lowest BCUT2D eigenvalue weighted by atomic mass is 10.0. The second-order valence-corrected chi connectivity index (χ2v) is 7.56. The minimum absolute atomic E-state index is 0.277. The minimum atomic E-state index is -3.22. The summed E-state index contributed by atoms with van der Waals surface area (Å²) in [5.74, 6) is 0.909. The summed E-state index contributed by atoms with van der Waals surface area (Å²) in [6.45, 7) is 0. The van der Waals surface area contributed by atoms with Crippen molar-refractivity contribution in [2.24, 2.45) is 0 Å². The molecule has 0 aliphatic carbocycles. The number of hydrogen-bond acceptors (Lipinski definition) is 6. The van der Waals surface area contributed by atoms with Gasteiger partial charge in [0, 0.05) is 41.4 Å². The molecule has 0 aliphatic rings. The van der Waals surface area contributed by atoms with E-state index < -0.39 is 9.84 Å². The standard InChI is InChI=1S/C18H17N3O3S/c1-24-17-8-5-13(10-20-17)16-9-14(11-21-18(16)19)12-3-6-15(7-4-12)25(2,22)23/h3-11H,1-2H3,(H2,19,21). The first kappa shape index (κ1) is 16.9. The molecule has 0 radical (unpaired) electrons. The molecule has 3 aromatic rings. The second-order valence-electron chi connectivity index (χ2n) is 5.54. The summed E-state index contributed by atoms with van der Waals surface area (Å²) >= 11 is 0. The molecular formula is C18H17N3O3S. The Bertz CT molecular complexity index is 999. The summed E-state index contributed by atoms with van der Waals surface area (Å²) in [5.41, 5.74) is 9.25. The van der Waals surface area contributed by atoms with Gasteiger partial charge in [-0.25, -0.2) is 18.4 Å². The maximum Gasteiger partial charge on any atom is 0.212 e. The molecule has 0 bridgehead atoms. The summed E-state index contributed by atoms with van der Waals surface area (Å²) in [7, 11) is -1.67. The van der Waals surface area contributed by atoms with Gasteiger partial charge < -0.3 is 10.5 Å². The number of methoxy groups -OCH3 is 1. The molecule has 0 unspecified atom stereocenters. The first-order valence-corrected chi connectivity index (χ1v) is 9.34. The van der Waals surface area contributed by atoms with Gasteiger partial charge in [-0.15, -0.1) is 0 Å². The van der Waals surface area contributed by atoms with Crippen LogP contribution in [0.25, 0.3) is 22.3 Å². The van der Waals surface area contributed by atoms with Gasteiger partial charge in [0.2, 0.25) is 5.88 Å². The van der Waals surface area contributed by atoms with Gasteiger partial charge in [-0.2, -0.15) is 0 Å². The maximum absolute atomic E-state index is 11.6. The molecule has 2 N–H and O–H groups in total. The monoisotopic (exact) mass is 355 g/mol. The Morgan fingerprint density at radius 3 is 2.12 bits per heavy atom. The fraction of sp³-hybridized carbons (Fsp3) is 0.111. The number of nitrogens with two attached hydrogens (primary N) is 1. The Kier molecular flexibility index (Phi) is 4.41. The second kappa shape index (κ2) is 6.52. The van der Waals surface area contributed by atoms with Crippen LogP contribution in [0.5, 0.6) is 5.88 Å². The van der Waals surface area contributed by atoms with E-state index in [4.69, 9.17) is 10.5 Å². The van der Waals surface area contributed by atoms with Crippen LogP contribution in [0.2, 0.25) is 0 Å². The molecule has 0 aliphatic heterocycles. The molecule has 2 heterocycles. The predicted octanol–water partition coefficient (Wildman–Crippen LogP) is 2.80. The zero-order chi connectivity index (χ0) is 18.0. The van der Waals surface area contributed by atoms with Gasteiger partial charge in [-0.1, -0.05) is 12.1 Å². The van der Waals surface area contributed by atoms with Gasteiger partial charge in [0.05, 0.1) is 12.0 Å². The van der Waals surface area contributed by atoms with Gasteiger partial charge >= 0.3 is 0 Å². The van der Waals surface area contributed by atoms with Crippen LogP contribution in [-0.4, -0.2) is 31.8 Å². The van der Waals surface area contributed by atoms with Gasteiger partial charge in [-0.05, 0) is 29.8 Å². The summed E-state index contributed by atoms with van der Waals surface area (Å²) in [6.07, 6.45) is 4.51. The Labute approximate surface area is 146 Å². The number of rotatable bonds is 4. The van der Waals surface area contributed by atoms with Gasteiger partial charge in [0.1, 0.15) is 5.82 Å². The average molecular weight is 355 g/mol. The third kappa shape index (κ3) is 3.61. The van der Waals surface area contributed by atoms with E-state index in [1.807, 2.05) is 12.1 Å². The summed E-state index contributed by atoms with van der Waals surface area (Å²) in [4.78, 5) is 8.71. The number of ether oxygens (including phenoxy) is 1. The van der Waals surface area contributed by atoms with Crippen LogP contribution >= 0.6 is 0 Å². The van der Waals surface area contributed by atoms with E-state index in [0.717, 1.165) is 22.3 Å². The van der Waals surface area contributed by atoms with Gasteiger partial charge in [0.25, 0.3) is 0 Å².